The first-order chi connectivity index (χ1) is 18.6. The predicted octanol–water partition coefficient (Wildman–Crippen LogP) is 4.56. The average Bonchev–Trinajstić information content (AvgIpc) is 3.23. The number of carbonyl (C=O) groups excluding carboxylic acids is 2. The summed E-state index contributed by atoms with van der Waals surface area (Å²) in [4.78, 5) is 40.6. The van der Waals surface area contributed by atoms with Gasteiger partial charge in [0.2, 0.25) is 11.8 Å². The number of aryl methyl sites for hydroxylation is 2. The highest BCUT2D eigenvalue weighted by Crippen LogP contribution is 2.40. The molecule has 0 fully saturated rings. The number of aromatic nitrogens is 2. The molecule has 9 heteroatoms. The van der Waals surface area contributed by atoms with Crippen molar-refractivity contribution in [1.29, 1.82) is 0 Å². The first-order valence-electron chi connectivity index (χ1n) is 13.5. The maximum absolute atomic E-state index is 13.1. The fraction of sp³-hybridized carbons (Fsp3) is 0.467. The Balaban J connectivity index is 1.41. The van der Waals surface area contributed by atoms with E-state index >= 15 is 0 Å². The molecule has 0 radical (unpaired) electrons. The molecule has 3 heterocycles. The first kappa shape index (κ1) is 28.3. The van der Waals surface area contributed by atoms with Gasteiger partial charge < -0.3 is 19.0 Å². The lowest BCUT2D eigenvalue weighted by Gasteiger charge is -2.27. The minimum atomic E-state index is -1.13. The van der Waals surface area contributed by atoms with E-state index < -0.39 is 5.41 Å². The fourth-order valence-corrected chi connectivity index (χ4v) is 4.98. The van der Waals surface area contributed by atoms with E-state index in [-0.39, 0.29) is 11.8 Å². The Labute approximate surface area is 230 Å². The molecule has 2 amide bonds. The molecular weight excluding hydrogens is 494 g/mol. The van der Waals surface area contributed by atoms with Gasteiger partial charge in [-0.3, -0.25) is 19.5 Å². The van der Waals surface area contributed by atoms with Gasteiger partial charge in [-0.05, 0) is 64.3 Å². The summed E-state index contributed by atoms with van der Waals surface area (Å²) in [7, 11) is 1.72. The lowest BCUT2D eigenvalue weighted by atomic mass is 9.90. The predicted molar refractivity (Wildman–Crippen MR) is 151 cm³/mol. The molecule has 0 N–H and O–H groups in total. The molecular formula is C30H39N5O4. The number of pyridine rings is 1. The average molecular weight is 534 g/mol. The van der Waals surface area contributed by atoms with Crippen molar-refractivity contribution in [1.82, 2.24) is 14.9 Å². The van der Waals surface area contributed by atoms with E-state index in [1.165, 1.54) is 5.56 Å². The zero-order chi connectivity index (χ0) is 28.2. The van der Waals surface area contributed by atoms with Crippen LogP contribution in [0, 0.1) is 19.3 Å². The SMILES string of the molecule is CCN1C(=O)C(C)(C)C(=O)N(C)c2cc(OCCCN(CCc3cccnc3)Cc3nc(C)oc3C)ccc21. The summed E-state index contributed by atoms with van der Waals surface area (Å²) in [5.41, 5.74) is 2.41. The number of benzene rings is 1. The van der Waals surface area contributed by atoms with E-state index in [1.807, 2.05) is 51.2 Å². The second-order valence-electron chi connectivity index (χ2n) is 10.5. The smallest absolute Gasteiger partial charge is 0.242 e. The van der Waals surface area contributed by atoms with Crippen LogP contribution in [0.3, 0.4) is 0 Å². The summed E-state index contributed by atoms with van der Waals surface area (Å²) >= 11 is 0. The minimum Gasteiger partial charge on any atom is -0.493 e. The van der Waals surface area contributed by atoms with Crippen LogP contribution >= 0.6 is 0 Å². The molecule has 1 aromatic carbocycles. The number of carbonyl (C=O) groups is 2. The molecule has 3 aromatic rings. The van der Waals surface area contributed by atoms with Crippen LogP contribution in [-0.2, 0) is 22.6 Å². The minimum absolute atomic E-state index is 0.196. The van der Waals surface area contributed by atoms with Crippen molar-refractivity contribution in [2.75, 3.05) is 43.1 Å². The van der Waals surface area contributed by atoms with Crippen molar-refractivity contribution in [3.8, 4) is 5.75 Å². The lowest BCUT2D eigenvalue weighted by molar-refractivity contribution is -0.137. The number of rotatable bonds is 11. The third-order valence-corrected chi connectivity index (χ3v) is 7.23. The third kappa shape index (κ3) is 6.30. The lowest BCUT2D eigenvalue weighted by Crippen LogP contribution is -2.47. The van der Waals surface area contributed by atoms with Crippen molar-refractivity contribution < 1.29 is 18.7 Å². The number of fused-ring (bicyclic) bond motifs is 1. The van der Waals surface area contributed by atoms with Crippen molar-refractivity contribution in [3.63, 3.8) is 0 Å². The van der Waals surface area contributed by atoms with Crippen LogP contribution in [-0.4, -0.2) is 60.0 Å². The number of ether oxygens (including phenoxy) is 1. The number of amides is 2. The summed E-state index contributed by atoms with van der Waals surface area (Å²) in [5, 5.41) is 0. The zero-order valence-electron chi connectivity index (χ0n) is 23.9. The van der Waals surface area contributed by atoms with Gasteiger partial charge in [0, 0.05) is 58.6 Å². The molecule has 4 rings (SSSR count). The summed E-state index contributed by atoms with van der Waals surface area (Å²) in [5.74, 6) is 1.77. The van der Waals surface area contributed by atoms with Crippen LogP contribution in [0.5, 0.6) is 5.75 Å². The number of nitrogens with zero attached hydrogens (tertiary/aromatic N) is 5. The van der Waals surface area contributed by atoms with Gasteiger partial charge in [0.15, 0.2) is 5.89 Å². The van der Waals surface area contributed by atoms with E-state index in [4.69, 9.17) is 9.15 Å². The van der Waals surface area contributed by atoms with Crippen LogP contribution in [0.2, 0.25) is 0 Å². The van der Waals surface area contributed by atoms with E-state index in [0.717, 1.165) is 43.1 Å². The van der Waals surface area contributed by atoms with Crippen LogP contribution < -0.4 is 14.5 Å². The van der Waals surface area contributed by atoms with Gasteiger partial charge in [-0.2, -0.15) is 0 Å². The standard InChI is InChI=1S/C30H39N5O4/c1-7-35-26-12-11-24(18-27(26)33(6)28(36)30(4,5)29(35)37)38-17-9-15-34(16-13-23-10-8-14-31-19-23)20-25-21(2)39-22(3)32-25/h8,10-12,14,18-19H,7,9,13,15-17,20H2,1-6H3. The van der Waals surface area contributed by atoms with Crippen molar-refractivity contribution in [2.45, 2.75) is 54.0 Å². The van der Waals surface area contributed by atoms with Gasteiger partial charge in [0.05, 0.1) is 23.7 Å². The number of anilines is 2. The molecule has 1 aliphatic rings. The van der Waals surface area contributed by atoms with Crippen LogP contribution in [0.4, 0.5) is 11.4 Å². The van der Waals surface area contributed by atoms with Gasteiger partial charge in [0.25, 0.3) is 0 Å². The zero-order valence-corrected chi connectivity index (χ0v) is 23.9. The maximum atomic E-state index is 13.1. The van der Waals surface area contributed by atoms with Crippen LogP contribution in [0.25, 0.3) is 0 Å². The Bertz CT molecular complexity index is 1300. The molecule has 0 unspecified atom stereocenters. The molecule has 39 heavy (non-hydrogen) atoms. The van der Waals surface area contributed by atoms with Crippen molar-refractivity contribution in [2.24, 2.45) is 5.41 Å². The number of hydrogen-bond acceptors (Lipinski definition) is 7. The molecule has 0 saturated heterocycles. The molecule has 0 bridgehead atoms. The summed E-state index contributed by atoms with van der Waals surface area (Å²) in [6.07, 6.45) is 5.39. The fourth-order valence-electron chi connectivity index (χ4n) is 4.98. The van der Waals surface area contributed by atoms with E-state index in [2.05, 4.69) is 20.9 Å². The second-order valence-corrected chi connectivity index (χ2v) is 10.5. The number of hydrogen-bond donors (Lipinski definition) is 0. The van der Waals surface area contributed by atoms with E-state index in [0.29, 0.717) is 37.0 Å². The largest absolute Gasteiger partial charge is 0.493 e. The van der Waals surface area contributed by atoms with E-state index in [1.54, 1.807) is 36.9 Å². The van der Waals surface area contributed by atoms with Crippen molar-refractivity contribution in [3.05, 3.63) is 65.6 Å². The topological polar surface area (TPSA) is 92.0 Å². The molecule has 0 saturated carbocycles. The summed E-state index contributed by atoms with van der Waals surface area (Å²) in [6, 6.07) is 9.64. The Morgan fingerprint density at radius 1 is 1.08 bits per heavy atom. The van der Waals surface area contributed by atoms with Gasteiger partial charge in [0.1, 0.15) is 16.9 Å². The Morgan fingerprint density at radius 3 is 2.54 bits per heavy atom. The molecule has 0 spiro atoms. The molecule has 2 aromatic heterocycles. The molecule has 1 aliphatic heterocycles. The normalized spacial score (nSPS) is 15.1. The molecule has 9 nitrogen and oxygen atoms in total. The second kappa shape index (κ2) is 12.0. The van der Waals surface area contributed by atoms with Gasteiger partial charge in [-0.15, -0.1) is 0 Å². The van der Waals surface area contributed by atoms with Crippen LogP contribution in [0.15, 0.2) is 47.1 Å². The Hall–Kier alpha value is -3.72. The van der Waals surface area contributed by atoms with E-state index in [9.17, 15) is 9.59 Å². The van der Waals surface area contributed by atoms with Crippen molar-refractivity contribution >= 4 is 23.2 Å². The summed E-state index contributed by atoms with van der Waals surface area (Å²) < 4.78 is 11.8. The Kier molecular flexibility index (Phi) is 8.70. The Morgan fingerprint density at radius 2 is 1.87 bits per heavy atom. The monoisotopic (exact) mass is 533 g/mol. The third-order valence-electron chi connectivity index (χ3n) is 7.23. The maximum Gasteiger partial charge on any atom is 0.242 e. The summed E-state index contributed by atoms with van der Waals surface area (Å²) in [6.45, 7) is 12.5. The highest BCUT2D eigenvalue weighted by Gasteiger charge is 2.45. The number of oxazole rings is 1. The highest BCUT2D eigenvalue weighted by molar-refractivity contribution is 6.20. The molecule has 0 aliphatic carbocycles. The molecule has 208 valence electrons. The highest BCUT2D eigenvalue weighted by atomic mass is 16.5. The quantitative estimate of drug-likeness (QED) is 0.264. The van der Waals surface area contributed by atoms with Crippen LogP contribution in [0.1, 0.15) is 50.1 Å². The first-order valence-corrected chi connectivity index (χ1v) is 13.5. The molecule has 0 atom stereocenters. The van der Waals surface area contributed by atoms with Gasteiger partial charge in [-0.1, -0.05) is 6.07 Å². The van der Waals surface area contributed by atoms with Gasteiger partial charge >= 0.3 is 0 Å². The van der Waals surface area contributed by atoms with Gasteiger partial charge in [-0.25, -0.2) is 4.98 Å².